The van der Waals surface area contributed by atoms with Gasteiger partial charge in [-0.25, -0.2) is 0 Å². The molecule has 0 aromatic rings. The van der Waals surface area contributed by atoms with E-state index < -0.39 is 22.8 Å². The molecule has 0 radical (unpaired) electrons. The van der Waals surface area contributed by atoms with Crippen LogP contribution in [-0.2, 0) is 29.1 Å². The number of hydrogen-bond donors (Lipinski definition) is 2. The molecule has 0 aliphatic rings. The summed E-state index contributed by atoms with van der Waals surface area (Å²) >= 11 is 0. The number of carbonyl (C=O) groups is 2. The van der Waals surface area contributed by atoms with Crippen LogP contribution < -0.4 is 21.7 Å². The summed E-state index contributed by atoms with van der Waals surface area (Å²) < 4.78 is 0. The van der Waals surface area contributed by atoms with Gasteiger partial charge in [0.05, 0.1) is 0 Å². The molecule has 0 heterocycles. The molecule has 0 aromatic carbocycles. The number of carboxylic acids is 2. The second-order valence-corrected chi connectivity index (χ2v) is 5.65. The first kappa shape index (κ1) is 33.1. The van der Waals surface area contributed by atoms with E-state index in [0.717, 1.165) is 0 Å². The molecule has 0 saturated carbocycles. The third-order valence-corrected chi connectivity index (χ3v) is 1.39. The molecule has 4 N–H and O–H groups in total. The SMILES string of the molecule is CC(C)(C)C(=O)[O-].CC(C)(C)C(=O)[O-].NCCN.PP.[Ru+2]. The first-order chi connectivity index (χ1) is 8.80. The second kappa shape index (κ2) is 18.4. The van der Waals surface area contributed by atoms with Crippen LogP contribution in [0.4, 0.5) is 0 Å². The topological polar surface area (TPSA) is 132 Å². The Hall–Kier alpha value is 0.343. The van der Waals surface area contributed by atoms with Crippen molar-refractivity contribution in [2.45, 2.75) is 41.5 Å². The third kappa shape index (κ3) is 38.4. The van der Waals surface area contributed by atoms with Gasteiger partial charge in [-0.3, -0.25) is 0 Å². The van der Waals surface area contributed by atoms with Crippen molar-refractivity contribution in [3.63, 3.8) is 0 Å². The molecule has 0 fully saturated rings. The maximum Gasteiger partial charge on any atom is 2.00 e. The van der Waals surface area contributed by atoms with Crippen LogP contribution in [0.25, 0.3) is 0 Å². The van der Waals surface area contributed by atoms with Gasteiger partial charge in [0.15, 0.2) is 0 Å². The number of carbonyl (C=O) groups excluding carboxylic acids is 2. The summed E-state index contributed by atoms with van der Waals surface area (Å²) in [6, 6.07) is 0. The zero-order chi connectivity index (χ0) is 17.6. The van der Waals surface area contributed by atoms with Gasteiger partial charge in [-0.2, -0.15) is 0 Å². The molecule has 0 rings (SSSR count). The molecule has 0 aliphatic carbocycles. The van der Waals surface area contributed by atoms with Crippen molar-refractivity contribution >= 4 is 29.8 Å². The Kier molecular flexibility index (Phi) is 29.0. The third-order valence-electron chi connectivity index (χ3n) is 1.39. The van der Waals surface area contributed by atoms with E-state index in [9.17, 15) is 19.8 Å². The van der Waals surface area contributed by atoms with Gasteiger partial charge in [-0.05, 0) is 0 Å². The Balaban J connectivity index is -0.0000000579. The normalized spacial score (nSPS) is 9.24. The van der Waals surface area contributed by atoms with Crippen LogP contribution in [0.2, 0.25) is 0 Å². The van der Waals surface area contributed by atoms with E-state index in [4.69, 9.17) is 11.5 Å². The fourth-order valence-corrected chi connectivity index (χ4v) is 0. The summed E-state index contributed by atoms with van der Waals surface area (Å²) in [5, 5.41) is 19.8. The van der Waals surface area contributed by atoms with Crippen molar-refractivity contribution in [1.82, 2.24) is 0 Å². The molecule has 0 spiro atoms. The smallest absolute Gasteiger partial charge is 0.550 e. The Morgan fingerprint density at radius 1 is 0.810 bits per heavy atom. The summed E-state index contributed by atoms with van der Waals surface area (Å²) in [6.45, 7) is 10.8. The standard InChI is InChI=1S/2C5H10O2.C2H8N2.H4P2.Ru/c2*1-5(2,3)4(6)7;3-1-2-4;1-2;/h2*1-3H3,(H,6,7);1-4H2;1-2H2;/q;;;;+2/p-2. The van der Waals surface area contributed by atoms with E-state index in [1.807, 2.05) is 0 Å². The van der Waals surface area contributed by atoms with E-state index in [-0.39, 0.29) is 19.5 Å². The van der Waals surface area contributed by atoms with E-state index in [0.29, 0.717) is 13.1 Å². The van der Waals surface area contributed by atoms with Crippen molar-refractivity contribution in [3.8, 4) is 0 Å². The summed E-state index contributed by atoms with van der Waals surface area (Å²) in [6.07, 6.45) is 0. The van der Waals surface area contributed by atoms with Crippen LogP contribution in [-0.4, -0.2) is 25.0 Å². The number of rotatable bonds is 1. The Labute approximate surface area is 146 Å². The monoisotopic (exact) mass is 430 g/mol. The first-order valence-corrected chi connectivity index (χ1v) is 8.63. The molecule has 2 atom stereocenters. The van der Waals surface area contributed by atoms with Crippen molar-refractivity contribution < 1.29 is 39.3 Å². The largest absolute Gasteiger partial charge is 2.00 e. The second-order valence-electron chi connectivity index (χ2n) is 5.65. The first-order valence-electron chi connectivity index (χ1n) is 5.97. The molecular weight excluding hydrogens is 399 g/mol. The van der Waals surface area contributed by atoms with Gasteiger partial charge in [-0.1, -0.05) is 41.5 Å². The molecule has 130 valence electrons. The zero-order valence-corrected chi connectivity index (χ0v) is 17.8. The van der Waals surface area contributed by atoms with E-state index >= 15 is 0 Å². The van der Waals surface area contributed by atoms with Gasteiger partial charge in [0.1, 0.15) is 0 Å². The van der Waals surface area contributed by atoms with Crippen LogP contribution in [0.3, 0.4) is 0 Å². The molecular formula is C12H30N2O4P2Ru. The van der Waals surface area contributed by atoms with Gasteiger partial charge >= 0.3 is 19.5 Å². The molecule has 0 saturated heterocycles. The maximum absolute atomic E-state index is 9.91. The van der Waals surface area contributed by atoms with Gasteiger partial charge in [0, 0.05) is 35.9 Å². The van der Waals surface area contributed by atoms with Gasteiger partial charge in [0.2, 0.25) is 0 Å². The fraction of sp³-hybridized carbons (Fsp3) is 0.833. The summed E-state index contributed by atoms with van der Waals surface area (Å²) in [7, 11) is 4.67. The summed E-state index contributed by atoms with van der Waals surface area (Å²) in [4.78, 5) is 19.8. The van der Waals surface area contributed by atoms with Crippen molar-refractivity contribution in [2.75, 3.05) is 13.1 Å². The van der Waals surface area contributed by atoms with E-state index in [2.05, 4.69) is 17.9 Å². The maximum atomic E-state index is 9.91. The molecule has 2 unspecified atom stereocenters. The Morgan fingerprint density at radius 3 is 0.905 bits per heavy atom. The van der Waals surface area contributed by atoms with Crippen molar-refractivity contribution in [3.05, 3.63) is 0 Å². The number of aliphatic carboxylic acids is 2. The van der Waals surface area contributed by atoms with E-state index in [1.165, 1.54) is 0 Å². The molecule has 6 nitrogen and oxygen atoms in total. The van der Waals surface area contributed by atoms with Crippen LogP contribution in [0.1, 0.15) is 41.5 Å². The molecule has 0 aliphatic heterocycles. The minimum atomic E-state index is -1.01. The van der Waals surface area contributed by atoms with E-state index in [1.54, 1.807) is 41.5 Å². The average Bonchev–Trinajstić information content (AvgIpc) is 2.30. The van der Waals surface area contributed by atoms with Gasteiger partial charge in [-0.15, -0.1) is 17.9 Å². The predicted octanol–water partition coefficient (Wildman–Crippen LogP) is -0.882. The van der Waals surface area contributed by atoms with Crippen LogP contribution >= 0.6 is 17.9 Å². The number of hydrogen-bond acceptors (Lipinski definition) is 6. The predicted molar refractivity (Wildman–Crippen MR) is 86.5 cm³/mol. The molecule has 0 bridgehead atoms. The van der Waals surface area contributed by atoms with Gasteiger partial charge in [0.25, 0.3) is 0 Å². The fourth-order valence-electron chi connectivity index (χ4n) is 0. The minimum Gasteiger partial charge on any atom is -0.550 e. The van der Waals surface area contributed by atoms with Crippen LogP contribution in [0.5, 0.6) is 0 Å². The molecule has 0 amide bonds. The average molecular weight is 429 g/mol. The number of carboxylic acid groups (broad SMARTS) is 2. The minimum absolute atomic E-state index is 0. The Bertz CT molecular complexity index is 229. The van der Waals surface area contributed by atoms with Crippen LogP contribution in [0, 0.1) is 10.8 Å². The molecule has 0 aromatic heterocycles. The van der Waals surface area contributed by atoms with Crippen molar-refractivity contribution in [2.24, 2.45) is 22.3 Å². The number of nitrogens with two attached hydrogens (primary N) is 2. The quantitative estimate of drug-likeness (QED) is 0.411. The van der Waals surface area contributed by atoms with Crippen molar-refractivity contribution in [1.29, 1.82) is 0 Å². The molecule has 21 heavy (non-hydrogen) atoms. The van der Waals surface area contributed by atoms with Crippen LogP contribution in [0.15, 0.2) is 0 Å². The summed E-state index contributed by atoms with van der Waals surface area (Å²) in [5.74, 6) is -2.01. The molecule has 9 heteroatoms. The van der Waals surface area contributed by atoms with Gasteiger partial charge < -0.3 is 31.3 Å². The summed E-state index contributed by atoms with van der Waals surface area (Å²) in [5.41, 5.74) is 8.42. The Morgan fingerprint density at radius 2 is 0.905 bits per heavy atom. The zero-order valence-electron chi connectivity index (χ0n) is 13.7.